The fourth-order valence-electron chi connectivity index (χ4n) is 1.96. The molecule has 1 aromatic rings. The van der Waals surface area contributed by atoms with Crippen LogP contribution in [0.15, 0.2) is 16.3 Å². The predicted molar refractivity (Wildman–Crippen MR) is 83.5 cm³/mol. The number of nitrogens with one attached hydrogen (secondary N) is 2. The minimum Gasteiger partial charge on any atom is -0.309 e. The van der Waals surface area contributed by atoms with E-state index in [2.05, 4.69) is 17.0 Å². The van der Waals surface area contributed by atoms with E-state index in [4.69, 9.17) is 0 Å². The third kappa shape index (κ3) is 5.16. The highest BCUT2D eigenvalue weighted by molar-refractivity contribution is 7.91. The summed E-state index contributed by atoms with van der Waals surface area (Å²) in [4.78, 5) is 1.09. The molecule has 0 radical (unpaired) electrons. The Morgan fingerprint density at radius 3 is 2.75 bits per heavy atom. The Balaban J connectivity index is 1.78. The normalized spacial score (nSPS) is 15.7. The van der Waals surface area contributed by atoms with Crippen molar-refractivity contribution in [3.05, 3.63) is 17.0 Å². The molecular formula is C14H24N2O2S2. The van der Waals surface area contributed by atoms with Crippen molar-refractivity contribution in [1.82, 2.24) is 10.0 Å². The number of sulfonamides is 1. The predicted octanol–water partition coefficient (Wildman–Crippen LogP) is 2.86. The Morgan fingerprint density at radius 1 is 1.25 bits per heavy atom. The molecule has 2 rings (SSSR count). The average molecular weight is 316 g/mol. The summed E-state index contributed by atoms with van der Waals surface area (Å²) < 4.78 is 27.3. The van der Waals surface area contributed by atoms with Crippen molar-refractivity contribution in [3.63, 3.8) is 0 Å². The summed E-state index contributed by atoms with van der Waals surface area (Å²) in [5.74, 6) is 0. The summed E-state index contributed by atoms with van der Waals surface area (Å²) in [6, 6.07) is 4.27. The van der Waals surface area contributed by atoms with E-state index in [1.165, 1.54) is 24.2 Å². The molecule has 0 saturated heterocycles. The Labute approximate surface area is 126 Å². The second-order valence-electron chi connectivity index (χ2n) is 5.33. The van der Waals surface area contributed by atoms with Crippen molar-refractivity contribution in [3.8, 4) is 0 Å². The fourth-order valence-corrected chi connectivity index (χ4v) is 4.38. The van der Waals surface area contributed by atoms with Gasteiger partial charge in [-0.3, -0.25) is 0 Å². The van der Waals surface area contributed by atoms with Crippen LogP contribution in [-0.4, -0.2) is 21.0 Å². The molecule has 1 heterocycles. The zero-order valence-corrected chi connectivity index (χ0v) is 13.7. The second kappa shape index (κ2) is 7.54. The van der Waals surface area contributed by atoms with Crippen molar-refractivity contribution in [2.45, 2.75) is 62.2 Å². The summed E-state index contributed by atoms with van der Waals surface area (Å²) in [6.07, 6.45) is 6.81. The van der Waals surface area contributed by atoms with Gasteiger partial charge >= 0.3 is 0 Å². The monoisotopic (exact) mass is 316 g/mol. The van der Waals surface area contributed by atoms with Crippen molar-refractivity contribution >= 4 is 21.4 Å². The minimum atomic E-state index is -3.31. The van der Waals surface area contributed by atoms with Crippen molar-refractivity contribution in [2.24, 2.45) is 0 Å². The van der Waals surface area contributed by atoms with Gasteiger partial charge in [0.15, 0.2) is 0 Å². The lowest BCUT2D eigenvalue weighted by atomic mass is 10.2. The molecule has 0 aliphatic heterocycles. The molecule has 1 aromatic heterocycles. The zero-order chi connectivity index (χ0) is 14.4. The molecule has 6 heteroatoms. The first kappa shape index (κ1) is 15.9. The molecule has 0 unspecified atom stereocenters. The van der Waals surface area contributed by atoms with Crippen LogP contribution >= 0.6 is 11.3 Å². The van der Waals surface area contributed by atoms with Crippen LogP contribution in [0.4, 0.5) is 0 Å². The van der Waals surface area contributed by atoms with Crippen LogP contribution in [0, 0.1) is 0 Å². The first-order valence-electron chi connectivity index (χ1n) is 7.43. The molecule has 1 aliphatic carbocycles. The summed E-state index contributed by atoms with van der Waals surface area (Å²) in [7, 11) is -3.31. The standard InChI is InChI=1S/C14H24N2O2S2/c1-2-3-4-5-10-16-20(17,18)14-9-8-13(19-14)11-15-12-6-7-12/h8-9,12,15-16H,2-7,10-11H2,1H3. The second-order valence-corrected chi connectivity index (χ2v) is 8.50. The third-order valence-electron chi connectivity index (χ3n) is 3.37. The maximum absolute atomic E-state index is 12.1. The van der Waals surface area contributed by atoms with E-state index in [0.717, 1.165) is 37.1 Å². The van der Waals surface area contributed by atoms with Crippen LogP contribution < -0.4 is 10.0 Å². The molecule has 114 valence electrons. The minimum absolute atomic E-state index is 0.431. The van der Waals surface area contributed by atoms with Crippen LogP contribution in [0.2, 0.25) is 0 Å². The molecule has 0 bridgehead atoms. The molecule has 0 atom stereocenters. The Morgan fingerprint density at radius 2 is 2.05 bits per heavy atom. The van der Waals surface area contributed by atoms with Gasteiger partial charge in [0.25, 0.3) is 0 Å². The summed E-state index contributed by atoms with van der Waals surface area (Å²) >= 11 is 1.36. The van der Waals surface area contributed by atoms with Crippen molar-refractivity contribution in [1.29, 1.82) is 0 Å². The Bertz CT molecular complexity index is 507. The van der Waals surface area contributed by atoms with E-state index in [0.29, 0.717) is 16.8 Å². The maximum atomic E-state index is 12.1. The van der Waals surface area contributed by atoms with Crippen LogP contribution in [0.5, 0.6) is 0 Å². The Kier molecular flexibility index (Phi) is 6.01. The van der Waals surface area contributed by atoms with E-state index in [9.17, 15) is 8.42 Å². The van der Waals surface area contributed by atoms with E-state index >= 15 is 0 Å². The fraction of sp³-hybridized carbons (Fsp3) is 0.714. The molecule has 1 fully saturated rings. The highest BCUT2D eigenvalue weighted by Gasteiger charge is 2.21. The van der Waals surface area contributed by atoms with Gasteiger partial charge < -0.3 is 5.32 Å². The van der Waals surface area contributed by atoms with Gasteiger partial charge in [-0.25, -0.2) is 13.1 Å². The lowest BCUT2D eigenvalue weighted by Gasteiger charge is -2.04. The van der Waals surface area contributed by atoms with Gasteiger partial charge in [0.1, 0.15) is 4.21 Å². The summed E-state index contributed by atoms with van der Waals surface area (Å²) in [6.45, 7) is 3.46. The first-order valence-corrected chi connectivity index (χ1v) is 9.73. The molecule has 0 amide bonds. The highest BCUT2D eigenvalue weighted by atomic mass is 32.2. The van der Waals surface area contributed by atoms with Crippen LogP contribution in [-0.2, 0) is 16.6 Å². The molecule has 20 heavy (non-hydrogen) atoms. The van der Waals surface area contributed by atoms with Crippen molar-refractivity contribution < 1.29 is 8.42 Å². The van der Waals surface area contributed by atoms with Crippen LogP contribution in [0.25, 0.3) is 0 Å². The number of unbranched alkanes of at least 4 members (excludes halogenated alkanes) is 3. The smallest absolute Gasteiger partial charge is 0.250 e. The number of rotatable bonds is 10. The summed E-state index contributed by atoms with van der Waals surface area (Å²) in [5.41, 5.74) is 0. The van der Waals surface area contributed by atoms with E-state index < -0.39 is 10.0 Å². The van der Waals surface area contributed by atoms with Gasteiger partial charge in [-0.15, -0.1) is 11.3 Å². The van der Waals surface area contributed by atoms with Gasteiger partial charge in [0.2, 0.25) is 10.0 Å². The van der Waals surface area contributed by atoms with Gasteiger partial charge in [0.05, 0.1) is 0 Å². The highest BCUT2D eigenvalue weighted by Crippen LogP contribution is 2.24. The average Bonchev–Trinajstić information content (AvgIpc) is 3.12. The topological polar surface area (TPSA) is 58.2 Å². The maximum Gasteiger partial charge on any atom is 0.250 e. The van der Waals surface area contributed by atoms with Gasteiger partial charge in [-0.2, -0.15) is 0 Å². The summed E-state index contributed by atoms with van der Waals surface area (Å²) in [5, 5.41) is 3.40. The van der Waals surface area contributed by atoms with Crippen molar-refractivity contribution in [2.75, 3.05) is 6.54 Å². The number of hydrogen-bond donors (Lipinski definition) is 2. The first-order chi connectivity index (χ1) is 9.62. The van der Waals surface area contributed by atoms with E-state index in [-0.39, 0.29) is 0 Å². The lowest BCUT2D eigenvalue weighted by Crippen LogP contribution is -2.23. The van der Waals surface area contributed by atoms with Gasteiger partial charge in [-0.05, 0) is 31.4 Å². The quantitative estimate of drug-likeness (QED) is 0.653. The van der Waals surface area contributed by atoms with Crippen LogP contribution in [0.3, 0.4) is 0 Å². The molecular weight excluding hydrogens is 292 g/mol. The zero-order valence-electron chi connectivity index (χ0n) is 12.0. The molecule has 0 spiro atoms. The van der Waals surface area contributed by atoms with Gasteiger partial charge in [-0.1, -0.05) is 26.2 Å². The molecule has 2 N–H and O–H groups in total. The largest absolute Gasteiger partial charge is 0.309 e. The molecule has 1 saturated carbocycles. The number of hydrogen-bond acceptors (Lipinski definition) is 4. The third-order valence-corrected chi connectivity index (χ3v) is 6.40. The Hall–Kier alpha value is -0.430. The molecule has 4 nitrogen and oxygen atoms in total. The number of thiophene rings is 1. The van der Waals surface area contributed by atoms with E-state index in [1.807, 2.05) is 6.07 Å². The molecule has 1 aliphatic rings. The molecule has 0 aromatic carbocycles. The van der Waals surface area contributed by atoms with Crippen LogP contribution in [0.1, 0.15) is 50.3 Å². The SMILES string of the molecule is CCCCCCNS(=O)(=O)c1ccc(CNC2CC2)s1. The van der Waals surface area contributed by atoms with Gasteiger partial charge in [0, 0.05) is 24.0 Å². The lowest BCUT2D eigenvalue weighted by molar-refractivity contribution is 0.575. The van der Waals surface area contributed by atoms with E-state index in [1.54, 1.807) is 6.07 Å².